The topological polar surface area (TPSA) is 52.6 Å². The molecule has 1 aromatic carbocycles. The average Bonchev–Trinajstić information content (AvgIpc) is 3.12. The molecule has 1 saturated carbocycles. The number of rotatable bonds is 4. The van der Waals surface area contributed by atoms with Gasteiger partial charge in [0.1, 0.15) is 12.0 Å². The fourth-order valence-corrected chi connectivity index (χ4v) is 2.20. The van der Waals surface area contributed by atoms with Crippen molar-refractivity contribution in [3.8, 4) is 5.75 Å². The number of carbonyl (C=O) groups is 2. The predicted molar refractivity (Wildman–Crippen MR) is 60.8 cm³/mol. The van der Waals surface area contributed by atoms with Crippen LogP contribution < -0.4 is 4.74 Å². The van der Waals surface area contributed by atoms with Crippen LogP contribution in [0.25, 0.3) is 0 Å². The van der Waals surface area contributed by atoms with Crippen LogP contribution in [0.4, 0.5) is 0 Å². The molecule has 2 unspecified atom stereocenters. The summed E-state index contributed by atoms with van der Waals surface area (Å²) < 4.78 is 9.74. The third-order valence-corrected chi connectivity index (χ3v) is 3.21. The Morgan fingerprint density at radius 1 is 1.24 bits per heavy atom. The van der Waals surface area contributed by atoms with Gasteiger partial charge in [-0.2, -0.15) is 0 Å². The number of esters is 1. The van der Waals surface area contributed by atoms with Crippen molar-refractivity contribution in [1.29, 1.82) is 0 Å². The van der Waals surface area contributed by atoms with Gasteiger partial charge in [0, 0.05) is 11.8 Å². The van der Waals surface area contributed by atoms with E-state index < -0.39 is 0 Å². The summed E-state index contributed by atoms with van der Waals surface area (Å²) in [5.74, 6) is -0.192. The van der Waals surface area contributed by atoms with Crippen LogP contribution >= 0.6 is 0 Å². The Morgan fingerprint density at radius 2 is 1.88 bits per heavy atom. The molecule has 0 bridgehead atoms. The molecular formula is C13H14O4. The second-order valence-electron chi connectivity index (χ2n) is 4.06. The molecule has 4 heteroatoms. The second kappa shape index (κ2) is 4.57. The smallest absolute Gasteiger partial charge is 0.310 e. The molecule has 1 aromatic rings. The van der Waals surface area contributed by atoms with Crippen molar-refractivity contribution in [3.05, 3.63) is 29.8 Å². The van der Waals surface area contributed by atoms with Crippen molar-refractivity contribution in [3.63, 3.8) is 0 Å². The number of aldehydes is 1. The Morgan fingerprint density at radius 3 is 2.35 bits per heavy atom. The molecule has 0 saturated heterocycles. The van der Waals surface area contributed by atoms with E-state index in [2.05, 4.69) is 4.74 Å². The van der Waals surface area contributed by atoms with E-state index in [4.69, 9.17) is 4.74 Å². The van der Waals surface area contributed by atoms with Gasteiger partial charge in [-0.25, -0.2) is 0 Å². The maximum atomic E-state index is 11.4. The number of methoxy groups -OCH3 is 2. The van der Waals surface area contributed by atoms with Crippen molar-refractivity contribution in [2.45, 2.75) is 5.92 Å². The van der Waals surface area contributed by atoms with Gasteiger partial charge < -0.3 is 14.3 Å². The van der Waals surface area contributed by atoms with E-state index >= 15 is 0 Å². The molecule has 0 aromatic heterocycles. The van der Waals surface area contributed by atoms with E-state index in [1.165, 1.54) is 7.11 Å². The molecule has 1 aliphatic rings. The summed E-state index contributed by atoms with van der Waals surface area (Å²) in [7, 11) is 2.94. The first-order valence-electron chi connectivity index (χ1n) is 5.40. The minimum absolute atomic E-state index is 0.0501. The third-order valence-electron chi connectivity index (χ3n) is 3.21. The van der Waals surface area contributed by atoms with Gasteiger partial charge in [-0.1, -0.05) is 12.1 Å². The van der Waals surface area contributed by atoms with Crippen LogP contribution in [0.15, 0.2) is 24.3 Å². The molecule has 1 aliphatic carbocycles. The number of benzene rings is 1. The first-order valence-corrected chi connectivity index (χ1v) is 5.40. The van der Waals surface area contributed by atoms with E-state index in [0.717, 1.165) is 17.6 Å². The standard InChI is InChI=1S/C13H14O4/c1-16-9-5-3-8(4-6-9)11-10(7-14)12(11)13(15)17-2/h3-7,10-12H,1-2H3/t10?,11-,12?/m0/s1. The first kappa shape index (κ1) is 11.6. The third kappa shape index (κ3) is 2.02. The highest BCUT2D eigenvalue weighted by Crippen LogP contribution is 2.53. The zero-order chi connectivity index (χ0) is 12.4. The Labute approximate surface area is 99.5 Å². The largest absolute Gasteiger partial charge is 0.497 e. The number of carbonyl (C=O) groups excluding carboxylic acids is 2. The molecule has 0 N–H and O–H groups in total. The summed E-state index contributed by atoms with van der Waals surface area (Å²) in [4.78, 5) is 22.3. The lowest BCUT2D eigenvalue weighted by molar-refractivity contribution is -0.143. The zero-order valence-corrected chi connectivity index (χ0v) is 9.75. The van der Waals surface area contributed by atoms with E-state index in [1.807, 2.05) is 24.3 Å². The summed E-state index contributed by atoms with van der Waals surface area (Å²) in [6.07, 6.45) is 0.830. The summed E-state index contributed by atoms with van der Waals surface area (Å²) in [6, 6.07) is 7.40. The van der Waals surface area contributed by atoms with Crippen LogP contribution in [0.3, 0.4) is 0 Å². The van der Waals surface area contributed by atoms with E-state index in [0.29, 0.717) is 0 Å². The van der Waals surface area contributed by atoms with Gasteiger partial charge in [-0.15, -0.1) is 0 Å². The van der Waals surface area contributed by atoms with Gasteiger partial charge in [0.05, 0.1) is 20.1 Å². The molecule has 0 amide bonds. The van der Waals surface area contributed by atoms with Crippen LogP contribution in [0.2, 0.25) is 0 Å². The lowest BCUT2D eigenvalue weighted by atomic mass is 10.1. The molecule has 0 aliphatic heterocycles. The monoisotopic (exact) mass is 234 g/mol. The number of hydrogen-bond acceptors (Lipinski definition) is 4. The lowest BCUT2D eigenvalue weighted by Gasteiger charge is -2.02. The number of ether oxygens (including phenoxy) is 2. The highest BCUT2D eigenvalue weighted by Gasteiger charge is 2.56. The molecule has 0 spiro atoms. The minimum atomic E-state index is -0.328. The van der Waals surface area contributed by atoms with Crippen LogP contribution in [-0.4, -0.2) is 26.5 Å². The van der Waals surface area contributed by atoms with E-state index in [1.54, 1.807) is 7.11 Å². The van der Waals surface area contributed by atoms with Gasteiger partial charge in [-0.05, 0) is 17.7 Å². The Kier molecular flexibility index (Phi) is 3.13. The summed E-state index contributed by atoms with van der Waals surface area (Å²) >= 11 is 0. The first-order chi connectivity index (χ1) is 8.22. The van der Waals surface area contributed by atoms with Crippen LogP contribution in [0, 0.1) is 11.8 Å². The van der Waals surface area contributed by atoms with Crippen LogP contribution in [-0.2, 0) is 14.3 Å². The quantitative estimate of drug-likeness (QED) is 0.583. The molecule has 1 fully saturated rings. The Hall–Kier alpha value is -1.84. The summed E-state index contributed by atoms with van der Waals surface area (Å²) in [5.41, 5.74) is 0.971. The SMILES string of the molecule is COC(=O)C1C(C=O)[C@@H]1c1ccc(OC)cc1. The zero-order valence-electron chi connectivity index (χ0n) is 9.75. The maximum Gasteiger partial charge on any atom is 0.310 e. The highest BCUT2D eigenvalue weighted by atomic mass is 16.5. The fraction of sp³-hybridized carbons (Fsp3) is 0.385. The molecule has 0 radical (unpaired) electrons. The summed E-state index contributed by atoms with van der Waals surface area (Å²) in [6.45, 7) is 0. The van der Waals surface area contributed by atoms with Crippen LogP contribution in [0.1, 0.15) is 11.5 Å². The van der Waals surface area contributed by atoms with Gasteiger partial charge in [0.25, 0.3) is 0 Å². The molecule has 90 valence electrons. The average molecular weight is 234 g/mol. The second-order valence-corrected chi connectivity index (χ2v) is 4.06. The van der Waals surface area contributed by atoms with Crippen molar-refractivity contribution in [2.75, 3.05) is 14.2 Å². The van der Waals surface area contributed by atoms with Crippen molar-refractivity contribution in [2.24, 2.45) is 11.8 Å². The molecule has 3 atom stereocenters. The number of hydrogen-bond donors (Lipinski definition) is 0. The molecule has 17 heavy (non-hydrogen) atoms. The van der Waals surface area contributed by atoms with E-state index in [9.17, 15) is 9.59 Å². The fourth-order valence-electron chi connectivity index (χ4n) is 2.20. The molecule has 0 heterocycles. The molecular weight excluding hydrogens is 220 g/mol. The van der Waals surface area contributed by atoms with Crippen molar-refractivity contribution in [1.82, 2.24) is 0 Å². The summed E-state index contributed by atoms with van der Waals surface area (Å²) in [5, 5.41) is 0. The van der Waals surface area contributed by atoms with Crippen molar-refractivity contribution >= 4 is 12.3 Å². The normalized spacial score (nSPS) is 26.1. The predicted octanol–water partition coefficient (Wildman–Crippen LogP) is 1.40. The van der Waals surface area contributed by atoms with Gasteiger partial charge in [-0.3, -0.25) is 4.79 Å². The minimum Gasteiger partial charge on any atom is -0.497 e. The highest BCUT2D eigenvalue weighted by molar-refractivity contribution is 5.84. The maximum absolute atomic E-state index is 11.4. The molecule has 2 rings (SSSR count). The van der Waals surface area contributed by atoms with Gasteiger partial charge in [0.2, 0.25) is 0 Å². The Bertz CT molecular complexity index is 424. The van der Waals surface area contributed by atoms with Crippen molar-refractivity contribution < 1.29 is 19.1 Å². The Balaban J connectivity index is 2.17. The van der Waals surface area contributed by atoms with Gasteiger partial charge >= 0.3 is 5.97 Å². The van der Waals surface area contributed by atoms with E-state index in [-0.39, 0.29) is 23.7 Å². The van der Waals surface area contributed by atoms with Crippen LogP contribution in [0.5, 0.6) is 5.75 Å². The lowest BCUT2D eigenvalue weighted by Crippen LogP contribution is -2.05. The van der Waals surface area contributed by atoms with Gasteiger partial charge in [0.15, 0.2) is 0 Å². The molecule has 4 nitrogen and oxygen atoms in total.